The number of aryl methyl sites for hydroxylation is 2. The summed E-state index contributed by atoms with van der Waals surface area (Å²) < 4.78 is 16.7. The van der Waals surface area contributed by atoms with Crippen molar-refractivity contribution in [1.29, 1.82) is 0 Å². The Morgan fingerprint density at radius 2 is 1.92 bits per heavy atom. The fraction of sp³-hybridized carbons (Fsp3) is 0.450. The number of rotatable bonds is 7. The van der Waals surface area contributed by atoms with Gasteiger partial charge in [0.2, 0.25) is 0 Å². The summed E-state index contributed by atoms with van der Waals surface area (Å²) in [5, 5.41) is 2.97. The first-order valence-electron chi connectivity index (χ1n) is 8.96. The Kier molecular flexibility index (Phi) is 6.30. The van der Waals surface area contributed by atoms with E-state index in [-0.39, 0.29) is 18.6 Å². The Hall–Kier alpha value is -2.31. The highest BCUT2D eigenvalue weighted by molar-refractivity contribution is 5.77. The molecule has 2 heterocycles. The van der Waals surface area contributed by atoms with E-state index in [9.17, 15) is 4.79 Å². The molecule has 0 bridgehead atoms. The molecule has 1 fully saturated rings. The van der Waals surface area contributed by atoms with E-state index < -0.39 is 0 Å². The molecule has 0 spiro atoms. The topological polar surface area (TPSA) is 63.9 Å². The van der Waals surface area contributed by atoms with Gasteiger partial charge in [-0.05, 0) is 37.1 Å². The van der Waals surface area contributed by atoms with Gasteiger partial charge < -0.3 is 19.2 Å². The van der Waals surface area contributed by atoms with Crippen LogP contribution in [-0.2, 0) is 9.53 Å². The number of para-hydroxylation sites is 1. The van der Waals surface area contributed by atoms with Crippen molar-refractivity contribution >= 4 is 5.91 Å². The lowest BCUT2D eigenvalue weighted by molar-refractivity contribution is -0.123. The normalized spacial score (nSPS) is 16.2. The van der Waals surface area contributed by atoms with Gasteiger partial charge in [0.05, 0.1) is 25.5 Å². The predicted octanol–water partition coefficient (Wildman–Crippen LogP) is 2.46. The van der Waals surface area contributed by atoms with E-state index in [1.807, 2.05) is 44.2 Å². The van der Waals surface area contributed by atoms with E-state index in [0.717, 1.165) is 35.7 Å². The monoisotopic (exact) mass is 358 g/mol. The molecule has 1 aromatic heterocycles. The Bertz CT molecular complexity index is 688. The van der Waals surface area contributed by atoms with Crippen LogP contribution in [0.5, 0.6) is 5.75 Å². The quantitative estimate of drug-likeness (QED) is 0.824. The van der Waals surface area contributed by atoms with Crippen molar-refractivity contribution in [3.05, 3.63) is 53.5 Å². The number of furan rings is 1. The van der Waals surface area contributed by atoms with Gasteiger partial charge in [0, 0.05) is 19.6 Å². The molecule has 6 heteroatoms. The number of nitrogens with zero attached hydrogens (tertiary/aromatic N) is 1. The largest absolute Gasteiger partial charge is 0.483 e. The van der Waals surface area contributed by atoms with Gasteiger partial charge in [-0.1, -0.05) is 18.2 Å². The molecular weight excluding hydrogens is 332 g/mol. The number of ether oxygens (including phenoxy) is 2. The van der Waals surface area contributed by atoms with Gasteiger partial charge in [-0.25, -0.2) is 0 Å². The van der Waals surface area contributed by atoms with Crippen molar-refractivity contribution in [3.63, 3.8) is 0 Å². The molecule has 1 aliphatic rings. The number of morpholine rings is 1. The maximum Gasteiger partial charge on any atom is 0.258 e. The third-order valence-electron chi connectivity index (χ3n) is 4.61. The van der Waals surface area contributed by atoms with Gasteiger partial charge in [-0.2, -0.15) is 0 Å². The molecule has 6 nitrogen and oxygen atoms in total. The molecule has 2 aromatic rings. The van der Waals surface area contributed by atoms with Crippen LogP contribution in [0.4, 0.5) is 0 Å². The van der Waals surface area contributed by atoms with E-state index in [4.69, 9.17) is 13.9 Å². The maximum atomic E-state index is 12.3. The van der Waals surface area contributed by atoms with Gasteiger partial charge in [0.25, 0.3) is 5.91 Å². The minimum Gasteiger partial charge on any atom is -0.483 e. The van der Waals surface area contributed by atoms with Crippen molar-refractivity contribution in [2.75, 3.05) is 39.5 Å². The summed E-state index contributed by atoms with van der Waals surface area (Å²) >= 11 is 0. The SMILES string of the molecule is Cc1cccc(C)c1OCC(=O)NC[C@H](c1ccco1)N1CCOCC1. The van der Waals surface area contributed by atoms with E-state index in [2.05, 4.69) is 10.2 Å². The highest BCUT2D eigenvalue weighted by atomic mass is 16.5. The van der Waals surface area contributed by atoms with Gasteiger partial charge in [-0.3, -0.25) is 9.69 Å². The molecule has 0 unspecified atom stereocenters. The number of amides is 1. The van der Waals surface area contributed by atoms with E-state index in [1.165, 1.54) is 0 Å². The molecule has 0 radical (unpaired) electrons. The van der Waals surface area contributed by atoms with Crippen LogP contribution in [-0.4, -0.2) is 50.3 Å². The van der Waals surface area contributed by atoms with Crippen molar-refractivity contribution in [2.24, 2.45) is 0 Å². The van der Waals surface area contributed by atoms with Gasteiger partial charge in [-0.15, -0.1) is 0 Å². The molecule has 1 aromatic carbocycles. The van der Waals surface area contributed by atoms with Crippen LogP contribution in [0.3, 0.4) is 0 Å². The van der Waals surface area contributed by atoms with Crippen molar-refractivity contribution < 1.29 is 18.7 Å². The third-order valence-corrected chi connectivity index (χ3v) is 4.61. The Balaban J connectivity index is 1.55. The zero-order valence-corrected chi connectivity index (χ0v) is 15.4. The number of benzene rings is 1. The zero-order chi connectivity index (χ0) is 18.4. The molecule has 140 valence electrons. The van der Waals surface area contributed by atoms with Crippen LogP contribution in [0.1, 0.15) is 22.9 Å². The minimum absolute atomic E-state index is 0.000318. The van der Waals surface area contributed by atoms with Crippen molar-refractivity contribution in [2.45, 2.75) is 19.9 Å². The number of carbonyl (C=O) groups is 1. The van der Waals surface area contributed by atoms with Crippen LogP contribution < -0.4 is 10.1 Å². The van der Waals surface area contributed by atoms with Gasteiger partial charge >= 0.3 is 0 Å². The maximum absolute atomic E-state index is 12.3. The lowest BCUT2D eigenvalue weighted by Gasteiger charge is -2.33. The Morgan fingerprint density at radius 1 is 1.19 bits per heavy atom. The van der Waals surface area contributed by atoms with Crippen LogP contribution in [0.25, 0.3) is 0 Å². The molecule has 1 aliphatic heterocycles. The standard InChI is InChI=1S/C20H26N2O4/c1-15-5-3-6-16(2)20(15)26-14-19(23)21-13-17(18-7-4-10-25-18)22-8-11-24-12-9-22/h3-7,10,17H,8-9,11-14H2,1-2H3,(H,21,23)/t17-/m1/s1. The fourth-order valence-corrected chi connectivity index (χ4v) is 3.21. The predicted molar refractivity (Wildman–Crippen MR) is 98.3 cm³/mol. The first-order valence-corrected chi connectivity index (χ1v) is 8.96. The van der Waals surface area contributed by atoms with Crippen LogP contribution in [0, 0.1) is 13.8 Å². The molecule has 0 aliphatic carbocycles. The molecule has 1 amide bonds. The van der Waals surface area contributed by atoms with E-state index in [1.54, 1.807) is 6.26 Å². The first-order chi connectivity index (χ1) is 12.6. The molecule has 1 N–H and O–H groups in total. The summed E-state index contributed by atoms with van der Waals surface area (Å²) in [5.41, 5.74) is 2.05. The number of nitrogens with one attached hydrogen (secondary N) is 1. The van der Waals surface area contributed by atoms with Gasteiger partial charge in [0.1, 0.15) is 11.5 Å². The summed E-state index contributed by atoms with van der Waals surface area (Å²) in [4.78, 5) is 14.6. The highest BCUT2D eigenvalue weighted by Gasteiger charge is 2.25. The van der Waals surface area contributed by atoms with E-state index in [0.29, 0.717) is 19.8 Å². The van der Waals surface area contributed by atoms with E-state index >= 15 is 0 Å². The first kappa shape index (κ1) is 18.5. The summed E-state index contributed by atoms with van der Waals surface area (Å²) in [7, 11) is 0. The zero-order valence-electron chi connectivity index (χ0n) is 15.4. The second-order valence-electron chi connectivity index (χ2n) is 6.49. The number of carbonyl (C=O) groups excluding carboxylic acids is 1. The Morgan fingerprint density at radius 3 is 2.58 bits per heavy atom. The van der Waals surface area contributed by atoms with Gasteiger partial charge in [0.15, 0.2) is 6.61 Å². The van der Waals surface area contributed by atoms with Crippen LogP contribution in [0.2, 0.25) is 0 Å². The summed E-state index contributed by atoms with van der Waals surface area (Å²) in [6, 6.07) is 9.75. The molecule has 1 saturated heterocycles. The Labute approximate surface area is 154 Å². The number of hydrogen-bond acceptors (Lipinski definition) is 5. The summed E-state index contributed by atoms with van der Waals surface area (Å²) in [6.07, 6.45) is 1.66. The molecule has 1 atom stereocenters. The molecular formula is C20H26N2O4. The highest BCUT2D eigenvalue weighted by Crippen LogP contribution is 2.23. The second-order valence-corrected chi connectivity index (χ2v) is 6.49. The average molecular weight is 358 g/mol. The lowest BCUT2D eigenvalue weighted by Crippen LogP contribution is -2.44. The molecule has 26 heavy (non-hydrogen) atoms. The molecule has 0 saturated carbocycles. The van der Waals surface area contributed by atoms with Crippen LogP contribution in [0.15, 0.2) is 41.0 Å². The average Bonchev–Trinajstić information content (AvgIpc) is 3.17. The second kappa shape index (κ2) is 8.87. The lowest BCUT2D eigenvalue weighted by atomic mass is 10.1. The third kappa shape index (κ3) is 4.65. The summed E-state index contributed by atoms with van der Waals surface area (Å²) in [6.45, 7) is 7.46. The van der Waals surface area contributed by atoms with Crippen LogP contribution >= 0.6 is 0 Å². The number of hydrogen-bond donors (Lipinski definition) is 1. The smallest absolute Gasteiger partial charge is 0.258 e. The van der Waals surface area contributed by atoms with Crippen molar-refractivity contribution in [3.8, 4) is 5.75 Å². The minimum atomic E-state index is -0.141. The van der Waals surface area contributed by atoms with Crippen molar-refractivity contribution in [1.82, 2.24) is 10.2 Å². The molecule has 3 rings (SSSR count). The summed E-state index contributed by atoms with van der Waals surface area (Å²) in [5.74, 6) is 1.48. The fourth-order valence-electron chi connectivity index (χ4n) is 3.21.